The summed E-state index contributed by atoms with van der Waals surface area (Å²) in [6, 6.07) is 6.64. The van der Waals surface area contributed by atoms with E-state index in [0.717, 1.165) is 43.3 Å². The molecule has 1 aromatic heterocycles. The van der Waals surface area contributed by atoms with Gasteiger partial charge in [-0.05, 0) is 37.0 Å². The molecule has 0 radical (unpaired) electrons. The number of carbonyl (C=O) groups excluding carboxylic acids is 1. The molecule has 1 saturated heterocycles. The van der Waals surface area contributed by atoms with Gasteiger partial charge in [-0.25, -0.2) is 9.37 Å². The van der Waals surface area contributed by atoms with Crippen molar-refractivity contribution >= 4 is 22.4 Å². The summed E-state index contributed by atoms with van der Waals surface area (Å²) in [6.45, 7) is 5.19. The van der Waals surface area contributed by atoms with Crippen molar-refractivity contribution < 1.29 is 9.18 Å². The number of thiazole rings is 1. The summed E-state index contributed by atoms with van der Waals surface area (Å²) in [5, 5.41) is 1.05. The predicted octanol–water partition coefficient (Wildman–Crippen LogP) is 3.04. The molecule has 4 rings (SSSR count). The summed E-state index contributed by atoms with van der Waals surface area (Å²) < 4.78 is 13.3. The van der Waals surface area contributed by atoms with Crippen molar-refractivity contribution in [2.45, 2.75) is 19.3 Å². The van der Waals surface area contributed by atoms with Crippen molar-refractivity contribution in [2.24, 2.45) is 5.92 Å². The summed E-state index contributed by atoms with van der Waals surface area (Å²) in [7, 11) is 0. The monoisotopic (exact) mass is 345 g/mol. The number of amides is 1. The molecule has 4 nitrogen and oxygen atoms in total. The third-order valence-electron chi connectivity index (χ3n) is 4.86. The van der Waals surface area contributed by atoms with Gasteiger partial charge in [0, 0.05) is 43.2 Å². The van der Waals surface area contributed by atoms with Crippen LogP contribution in [0.5, 0.6) is 0 Å². The highest BCUT2D eigenvalue weighted by Crippen LogP contribution is 2.48. The fourth-order valence-corrected chi connectivity index (χ4v) is 4.23. The SMILES string of the molecule is Cc1cnc(N2CCN(C(=O)[C@@H]3C[C@H]3c3cccc(F)c3)CC2)s1. The summed E-state index contributed by atoms with van der Waals surface area (Å²) >= 11 is 1.70. The molecule has 2 fully saturated rings. The molecule has 1 aliphatic carbocycles. The standard InChI is InChI=1S/C18H20FN3OS/c1-12-11-20-18(24-12)22-7-5-21(6-8-22)17(23)16-10-15(16)13-3-2-4-14(19)9-13/h2-4,9,11,15-16H,5-8,10H2,1H3/t15-,16+/m0/s1. The molecule has 2 aromatic rings. The second-order valence-electron chi connectivity index (χ2n) is 6.57. The first-order valence-electron chi connectivity index (χ1n) is 8.33. The van der Waals surface area contributed by atoms with Crippen LogP contribution in [0.2, 0.25) is 0 Å². The van der Waals surface area contributed by atoms with Crippen LogP contribution in [0.1, 0.15) is 22.8 Å². The number of piperazine rings is 1. The maximum atomic E-state index is 13.3. The zero-order chi connectivity index (χ0) is 16.7. The molecule has 1 aromatic carbocycles. The molecule has 0 spiro atoms. The number of hydrogen-bond donors (Lipinski definition) is 0. The minimum absolute atomic E-state index is 0.0282. The number of anilines is 1. The van der Waals surface area contributed by atoms with E-state index in [4.69, 9.17) is 0 Å². The third kappa shape index (κ3) is 3.02. The number of benzene rings is 1. The fraction of sp³-hybridized carbons (Fsp3) is 0.444. The first-order valence-corrected chi connectivity index (χ1v) is 9.15. The second kappa shape index (κ2) is 6.16. The van der Waals surface area contributed by atoms with Crippen LogP contribution in [0.15, 0.2) is 30.5 Å². The molecule has 126 valence electrons. The van der Waals surface area contributed by atoms with E-state index in [1.807, 2.05) is 17.2 Å². The van der Waals surface area contributed by atoms with Gasteiger partial charge in [-0.3, -0.25) is 4.79 Å². The average molecular weight is 345 g/mol. The maximum Gasteiger partial charge on any atom is 0.226 e. The molecular weight excluding hydrogens is 325 g/mol. The normalized spacial score (nSPS) is 23.4. The van der Waals surface area contributed by atoms with Crippen LogP contribution in [0.4, 0.5) is 9.52 Å². The lowest BCUT2D eigenvalue weighted by Crippen LogP contribution is -2.49. The first-order chi connectivity index (χ1) is 11.6. The van der Waals surface area contributed by atoms with Crippen molar-refractivity contribution in [3.05, 3.63) is 46.7 Å². The highest BCUT2D eigenvalue weighted by Gasteiger charge is 2.46. The molecule has 24 heavy (non-hydrogen) atoms. The zero-order valence-electron chi connectivity index (χ0n) is 13.6. The van der Waals surface area contributed by atoms with Gasteiger partial charge < -0.3 is 9.80 Å². The largest absolute Gasteiger partial charge is 0.345 e. The van der Waals surface area contributed by atoms with Crippen LogP contribution in [0.3, 0.4) is 0 Å². The predicted molar refractivity (Wildman–Crippen MR) is 92.9 cm³/mol. The second-order valence-corrected chi connectivity index (χ2v) is 7.78. The summed E-state index contributed by atoms with van der Waals surface area (Å²) in [5.74, 6) is 0.213. The van der Waals surface area contributed by atoms with Gasteiger partial charge in [-0.15, -0.1) is 11.3 Å². The summed E-state index contributed by atoms with van der Waals surface area (Å²) in [6.07, 6.45) is 2.74. The number of halogens is 1. The Bertz CT molecular complexity index is 754. The van der Waals surface area contributed by atoms with E-state index >= 15 is 0 Å². The minimum atomic E-state index is -0.224. The maximum absolute atomic E-state index is 13.3. The fourth-order valence-electron chi connectivity index (χ4n) is 3.42. The Hall–Kier alpha value is -1.95. The number of rotatable bonds is 3. The van der Waals surface area contributed by atoms with Gasteiger partial charge in [0.25, 0.3) is 0 Å². The average Bonchev–Trinajstić information content (AvgIpc) is 3.28. The van der Waals surface area contributed by atoms with E-state index in [1.54, 1.807) is 23.5 Å². The lowest BCUT2D eigenvalue weighted by Gasteiger charge is -2.34. The Kier molecular flexibility index (Phi) is 4.00. The van der Waals surface area contributed by atoms with Crippen molar-refractivity contribution in [3.63, 3.8) is 0 Å². The van der Waals surface area contributed by atoms with Gasteiger partial charge in [0.2, 0.25) is 5.91 Å². The Morgan fingerprint density at radius 3 is 2.75 bits per heavy atom. The molecule has 0 bridgehead atoms. The van der Waals surface area contributed by atoms with E-state index in [2.05, 4.69) is 16.8 Å². The Morgan fingerprint density at radius 2 is 2.08 bits per heavy atom. The number of aromatic nitrogens is 1. The Morgan fingerprint density at radius 1 is 1.29 bits per heavy atom. The smallest absolute Gasteiger partial charge is 0.226 e. The molecule has 0 N–H and O–H groups in total. The van der Waals surface area contributed by atoms with Crippen LogP contribution >= 0.6 is 11.3 Å². The highest BCUT2D eigenvalue weighted by atomic mass is 32.1. The molecule has 2 heterocycles. The van der Waals surface area contributed by atoms with Gasteiger partial charge in [0.05, 0.1) is 0 Å². The van der Waals surface area contributed by atoms with Crippen LogP contribution in [-0.2, 0) is 4.79 Å². The quantitative estimate of drug-likeness (QED) is 0.858. The van der Waals surface area contributed by atoms with Gasteiger partial charge in [-0.2, -0.15) is 0 Å². The third-order valence-corrected chi connectivity index (χ3v) is 5.83. The molecule has 1 saturated carbocycles. The van der Waals surface area contributed by atoms with E-state index < -0.39 is 0 Å². The molecule has 2 aliphatic rings. The lowest BCUT2D eigenvalue weighted by atomic mass is 10.1. The van der Waals surface area contributed by atoms with Crippen LogP contribution < -0.4 is 4.90 Å². The minimum Gasteiger partial charge on any atom is -0.345 e. The molecule has 1 amide bonds. The van der Waals surface area contributed by atoms with E-state index in [0.29, 0.717) is 0 Å². The molecule has 0 unspecified atom stereocenters. The lowest BCUT2D eigenvalue weighted by molar-refractivity contribution is -0.132. The summed E-state index contributed by atoms with van der Waals surface area (Å²) in [4.78, 5) is 22.5. The van der Waals surface area contributed by atoms with Crippen LogP contribution in [0, 0.1) is 18.7 Å². The number of aryl methyl sites for hydroxylation is 1. The number of carbonyl (C=O) groups is 1. The molecule has 1 aliphatic heterocycles. The van der Waals surface area contributed by atoms with Crippen molar-refractivity contribution in [2.75, 3.05) is 31.1 Å². The highest BCUT2D eigenvalue weighted by molar-refractivity contribution is 7.15. The number of nitrogens with zero attached hydrogens (tertiary/aromatic N) is 3. The molecule has 6 heteroatoms. The van der Waals surface area contributed by atoms with Gasteiger partial charge in [0.1, 0.15) is 5.82 Å². The first kappa shape index (κ1) is 15.6. The van der Waals surface area contributed by atoms with E-state index in [1.165, 1.54) is 10.9 Å². The zero-order valence-corrected chi connectivity index (χ0v) is 14.4. The van der Waals surface area contributed by atoms with Crippen molar-refractivity contribution in [1.29, 1.82) is 0 Å². The molecular formula is C18H20FN3OS. The topological polar surface area (TPSA) is 36.4 Å². The van der Waals surface area contributed by atoms with Crippen LogP contribution in [0.25, 0.3) is 0 Å². The van der Waals surface area contributed by atoms with Gasteiger partial charge >= 0.3 is 0 Å². The van der Waals surface area contributed by atoms with E-state index in [-0.39, 0.29) is 23.6 Å². The Balaban J connectivity index is 1.34. The van der Waals surface area contributed by atoms with E-state index in [9.17, 15) is 9.18 Å². The van der Waals surface area contributed by atoms with Crippen LogP contribution in [-0.4, -0.2) is 42.0 Å². The van der Waals surface area contributed by atoms with Crippen molar-refractivity contribution in [3.8, 4) is 0 Å². The summed E-state index contributed by atoms with van der Waals surface area (Å²) in [5.41, 5.74) is 0.949. The number of hydrogen-bond acceptors (Lipinski definition) is 4. The Labute approximate surface area is 144 Å². The van der Waals surface area contributed by atoms with Gasteiger partial charge in [0.15, 0.2) is 5.13 Å². The van der Waals surface area contributed by atoms with Gasteiger partial charge in [-0.1, -0.05) is 12.1 Å². The molecule has 2 atom stereocenters. The van der Waals surface area contributed by atoms with Crippen molar-refractivity contribution in [1.82, 2.24) is 9.88 Å².